The number of allylic oxidation sites excluding steroid dienone is 3. The second-order valence-electron chi connectivity index (χ2n) is 5.63. The number of amides is 1. The van der Waals surface area contributed by atoms with Crippen LogP contribution in [-0.2, 0) is 11.4 Å². The number of anilines is 1. The Hall–Kier alpha value is -2.81. The maximum atomic E-state index is 11.8. The minimum absolute atomic E-state index is 0.148. The summed E-state index contributed by atoms with van der Waals surface area (Å²) in [7, 11) is 0. The molecule has 0 saturated heterocycles. The number of carbonyl (C=O) groups excluding carboxylic acids is 1. The number of ether oxygens (including phenoxy) is 1. The molecule has 124 valence electrons. The molecule has 0 unspecified atom stereocenters. The van der Waals surface area contributed by atoms with E-state index in [2.05, 4.69) is 24.4 Å². The highest BCUT2D eigenvalue weighted by molar-refractivity contribution is 5.99. The average Bonchev–Trinajstić information content (AvgIpc) is 2.55. The summed E-state index contributed by atoms with van der Waals surface area (Å²) in [6.07, 6.45) is 6.90. The van der Waals surface area contributed by atoms with E-state index in [9.17, 15) is 4.79 Å². The largest absolute Gasteiger partial charge is 0.489 e. The summed E-state index contributed by atoms with van der Waals surface area (Å²) in [5, 5.41) is 2.86. The summed E-state index contributed by atoms with van der Waals surface area (Å²) >= 11 is 0. The molecule has 2 aromatic carbocycles. The van der Waals surface area contributed by atoms with Crippen molar-refractivity contribution in [2.75, 3.05) is 5.32 Å². The van der Waals surface area contributed by atoms with E-state index in [-0.39, 0.29) is 5.91 Å². The van der Waals surface area contributed by atoms with Gasteiger partial charge in [-0.15, -0.1) is 0 Å². The Labute approximate surface area is 143 Å². The summed E-state index contributed by atoms with van der Waals surface area (Å²) in [6, 6.07) is 13.9. The van der Waals surface area contributed by atoms with Crippen LogP contribution in [0.1, 0.15) is 23.6 Å². The molecule has 0 radical (unpaired) electrons. The molecule has 0 fully saturated rings. The van der Waals surface area contributed by atoms with Gasteiger partial charge in [0.05, 0.1) is 0 Å². The van der Waals surface area contributed by atoms with Gasteiger partial charge in [0.25, 0.3) is 0 Å². The van der Waals surface area contributed by atoms with Crippen molar-refractivity contribution in [1.82, 2.24) is 0 Å². The highest BCUT2D eigenvalue weighted by Gasteiger charge is 2.04. The molecule has 24 heavy (non-hydrogen) atoms. The number of hydrogen-bond donors (Lipinski definition) is 1. The van der Waals surface area contributed by atoms with Crippen LogP contribution in [-0.4, -0.2) is 5.91 Å². The van der Waals surface area contributed by atoms with Gasteiger partial charge in [-0.3, -0.25) is 4.79 Å². The van der Waals surface area contributed by atoms with E-state index in [0.29, 0.717) is 6.61 Å². The minimum Gasteiger partial charge on any atom is -0.489 e. The third kappa shape index (κ3) is 5.43. The van der Waals surface area contributed by atoms with Gasteiger partial charge in [0.15, 0.2) is 0 Å². The first-order chi connectivity index (χ1) is 11.6. The van der Waals surface area contributed by atoms with E-state index in [1.807, 2.05) is 56.3 Å². The molecule has 0 aliphatic heterocycles. The van der Waals surface area contributed by atoms with Crippen LogP contribution in [0, 0.1) is 13.8 Å². The summed E-state index contributed by atoms with van der Waals surface area (Å²) in [5.41, 5.74) is 4.10. The fraction of sp³-hybridized carbons (Fsp3) is 0.190. The quantitative estimate of drug-likeness (QED) is 0.603. The lowest BCUT2D eigenvalue weighted by molar-refractivity contribution is -0.111. The fourth-order valence-corrected chi connectivity index (χ4v) is 2.26. The molecule has 0 aromatic heterocycles. The Balaban J connectivity index is 1.97. The van der Waals surface area contributed by atoms with Crippen LogP contribution in [0.2, 0.25) is 0 Å². The van der Waals surface area contributed by atoms with Gasteiger partial charge in [-0.1, -0.05) is 48.1 Å². The third-order valence-corrected chi connectivity index (χ3v) is 3.49. The number of nitrogens with one attached hydrogen (secondary N) is 1. The number of carbonyl (C=O) groups is 1. The Kier molecular flexibility index (Phi) is 6.38. The van der Waals surface area contributed by atoms with Crippen LogP contribution in [0.3, 0.4) is 0 Å². The van der Waals surface area contributed by atoms with Crippen molar-refractivity contribution in [3.8, 4) is 5.75 Å². The molecule has 2 aromatic rings. The van der Waals surface area contributed by atoms with Gasteiger partial charge in [-0.2, -0.15) is 0 Å². The van der Waals surface area contributed by atoms with Crippen LogP contribution in [0.15, 0.2) is 66.8 Å². The summed E-state index contributed by atoms with van der Waals surface area (Å²) in [4.78, 5) is 11.8. The smallest absolute Gasteiger partial charge is 0.248 e. The molecule has 0 aliphatic carbocycles. The molecule has 0 aliphatic rings. The molecule has 1 N–H and O–H groups in total. The molecule has 0 atom stereocenters. The topological polar surface area (TPSA) is 38.3 Å². The van der Waals surface area contributed by atoms with Crippen LogP contribution < -0.4 is 10.1 Å². The average molecular weight is 321 g/mol. The van der Waals surface area contributed by atoms with Crippen LogP contribution >= 0.6 is 0 Å². The van der Waals surface area contributed by atoms with Crippen molar-refractivity contribution in [3.05, 3.63) is 83.5 Å². The van der Waals surface area contributed by atoms with Crippen LogP contribution in [0.5, 0.6) is 5.75 Å². The first kappa shape index (κ1) is 17.5. The van der Waals surface area contributed by atoms with Gasteiger partial charge >= 0.3 is 0 Å². The molecule has 3 heteroatoms. The number of rotatable bonds is 6. The van der Waals surface area contributed by atoms with E-state index < -0.39 is 0 Å². The van der Waals surface area contributed by atoms with Gasteiger partial charge in [0.1, 0.15) is 12.4 Å². The van der Waals surface area contributed by atoms with Gasteiger partial charge in [0.2, 0.25) is 5.91 Å². The van der Waals surface area contributed by atoms with Crippen molar-refractivity contribution in [2.45, 2.75) is 27.4 Å². The molecule has 0 spiro atoms. The van der Waals surface area contributed by atoms with Crippen molar-refractivity contribution in [2.24, 2.45) is 0 Å². The summed E-state index contributed by atoms with van der Waals surface area (Å²) < 4.78 is 5.83. The lowest BCUT2D eigenvalue weighted by Crippen LogP contribution is -2.09. The molecular weight excluding hydrogens is 298 g/mol. The Bertz CT molecular complexity index is 760. The monoisotopic (exact) mass is 321 g/mol. The van der Waals surface area contributed by atoms with Gasteiger partial charge in [0, 0.05) is 11.8 Å². The molecule has 0 saturated carbocycles. The zero-order chi connectivity index (χ0) is 17.4. The van der Waals surface area contributed by atoms with Gasteiger partial charge in [-0.25, -0.2) is 0 Å². The zero-order valence-corrected chi connectivity index (χ0v) is 14.4. The van der Waals surface area contributed by atoms with E-state index in [4.69, 9.17) is 4.74 Å². The second kappa shape index (κ2) is 8.73. The highest BCUT2D eigenvalue weighted by Crippen LogP contribution is 2.22. The predicted octanol–water partition coefficient (Wildman–Crippen LogP) is 4.95. The molecule has 3 nitrogen and oxygen atoms in total. The molecule has 2 rings (SSSR count). The third-order valence-electron chi connectivity index (χ3n) is 3.49. The van der Waals surface area contributed by atoms with E-state index in [0.717, 1.165) is 22.6 Å². The van der Waals surface area contributed by atoms with E-state index >= 15 is 0 Å². The molecule has 0 heterocycles. The number of hydrogen-bond acceptors (Lipinski definition) is 2. The Morgan fingerprint density at radius 2 is 1.96 bits per heavy atom. The maximum Gasteiger partial charge on any atom is 0.248 e. The molecule has 0 bridgehead atoms. The minimum atomic E-state index is -0.148. The molecule has 1 amide bonds. The zero-order valence-electron chi connectivity index (χ0n) is 14.4. The van der Waals surface area contributed by atoms with Crippen molar-refractivity contribution in [1.29, 1.82) is 0 Å². The first-order valence-corrected chi connectivity index (χ1v) is 7.98. The summed E-state index contributed by atoms with van der Waals surface area (Å²) in [5.74, 6) is 0.640. The predicted molar refractivity (Wildman–Crippen MR) is 99.3 cm³/mol. The van der Waals surface area contributed by atoms with E-state index in [1.54, 1.807) is 6.08 Å². The molecular formula is C21H23NO2. The van der Waals surface area contributed by atoms with Crippen molar-refractivity contribution in [3.63, 3.8) is 0 Å². The van der Waals surface area contributed by atoms with Gasteiger partial charge < -0.3 is 10.1 Å². The van der Waals surface area contributed by atoms with Crippen LogP contribution in [0.4, 0.5) is 5.69 Å². The standard InChI is InChI=1S/C21H23NO2/c1-4-5-6-10-21(23)22-20-12-11-19(14-17(20)3)24-15-18-9-7-8-16(2)13-18/h4-14H,15H2,1-3H3,(H,22,23)/b5-4+,10-6+. The Morgan fingerprint density at radius 3 is 2.67 bits per heavy atom. The lowest BCUT2D eigenvalue weighted by Gasteiger charge is -2.11. The van der Waals surface area contributed by atoms with Crippen LogP contribution in [0.25, 0.3) is 0 Å². The lowest BCUT2D eigenvalue weighted by atomic mass is 10.1. The van der Waals surface area contributed by atoms with E-state index in [1.165, 1.54) is 11.6 Å². The van der Waals surface area contributed by atoms with Gasteiger partial charge in [-0.05, 0) is 50.1 Å². The SMILES string of the molecule is C/C=C/C=C/C(=O)Nc1ccc(OCc2cccc(C)c2)cc1C. The second-order valence-corrected chi connectivity index (χ2v) is 5.63. The fourth-order valence-electron chi connectivity index (χ4n) is 2.26. The number of aryl methyl sites for hydroxylation is 2. The Morgan fingerprint density at radius 1 is 1.12 bits per heavy atom. The highest BCUT2D eigenvalue weighted by atomic mass is 16.5. The van der Waals surface area contributed by atoms with Crippen molar-refractivity contribution >= 4 is 11.6 Å². The summed E-state index contributed by atoms with van der Waals surface area (Å²) in [6.45, 7) is 6.45. The normalized spacial score (nSPS) is 11.1. The number of benzene rings is 2. The van der Waals surface area contributed by atoms with Crippen molar-refractivity contribution < 1.29 is 9.53 Å². The maximum absolute atomic E-state index is 11.8. The first-order valence-electron chi connectivity index (χ1n) is 7.98.